The Morgan fingerprint density at radius 2 is 1.86 bits per heavy atom. The highest BCUT2D eigenvalue weighted by Crippen LogP contribution is 2.31. The number of aryl methyl sites for hydroxylation is 1. The molecule has 3 aromatic rings. The Labute approximate surface area is 165 Å². The molecule has 0 atom stereocenters. The number of anilines is 4. The number of alkyl halides is 3. The Bertz CT molecular complexity index is 1040. The van der Waals surface area contributed by atoms with Gasteiger partial charge in [-0.15, -0.1) is 0 Å². The van der Waals surface area contributed by atoms with E-state index in [-0.39, 0.29) is 5.56 Å². The number of carbonyl (C=O) groups excluding carboxylic acids is 1. The van der Waals surface area contributed by atoms with E-state index in [1.165, 1.54) is 24.5 Å². The molecule has 0 aliphatic rings. The number of nitrogens with one attached hydrogen (secondary N) is 1. The second-order valence-electron chi connectivity index (χ2n) is 6.39. The predicted molar refractivity (Wildman–Crippen MR) is 105 cm³/mol. The van der Waals surface area contributed by atoms with Crippen molar-refractivity contribution in [2.24, 2.45) is 0 Å². The van der Waals surface area contributed by atoms with Gasteiger partial charge in [0.25, 0.3) is 5.91 Å². The van der Waals surface area contributed by atoms with Crippen molar-refractivity contribution in [1.29, 1.82) is 0 Å². The average Bonchev–Trinajstić information content (AvgIpc) is 2.69. The summed E-state index contributed by atoms with van der Waals surface area (Å²) in [6, 6.07) is 9.44. The van der Waals surface area contributed by atoms with E-state index < -0.39 is 17.6 Å². The minimum absolute atomic E-state index is 0.0836. The maximum Gasteiger partial charge on any atom is 0.416 e. The lowest BCUT2D eigenvalue weighted by Gasteiger charge is -2.21. The van der Waals surface area contributed by atoms with Crippen LogP contribution in [0.2, 0.25) is 0 Å². The summed E-state index contributed by atoms with van der Waals surface area (Å²) in [6.45, 7) is 1.88. The molecule has 6 nitrogen and oxygen atoms in total. The zero-order valence-electron chi connectivity index (χ0n) is 15.7. The molecule has 1 heterocycles. The van der Waals surface area contributed by atoms with E-state index in [2.05, 4.69) is 15.3 Å². The number of halogens is 3. The van der Waals surface area contributed by atoms with Crippen molar-refractivity contribution in [3.05, 3.63) is 71.5 Å². The fraction of sp³-hybridized carbons (Fsp3) is 0.150. The van der Waals surface area contributed by atoms with Crippen LogP contribution in [0.1, 0.15) is 21.5 Å². The van der Waals surface area contributed by atoms with E-state index >= 15 is 0 Å². The van der Waals surface area contributed by atoms with Crippen molar-refractivity contribution >= 4 is 28.9 Å². The third-order valence-corrected chi connectivity index (χ3v) is 4.28. The second kappa shape index (κ2) is 7.78. The van der Waals surface area contributed by atoms with Crippen LogP contribution in [0, 0.1) is 6.92 Å². The van der Waals surface area contributed by atoms with E-state index in [0.717, 1.165) is 23.4 Å². The van der Waals surface area contributed by atoms with E-state index in [1.54, 1.807) is 30.1 Å². The first-order valence-corrected chi connectivity index (χ1v) is 8.55. The molecule has 0 radical (unpaired) electrons. The molecule has 0 aliphatic carbocycles. The SMILES string of the molecule is Cc1ccc(NC(=O)c2cccc(C(F)(F)F)c2)cc1N(C)c1cnc(N)cn1. The number of rotatable bonds is 4. The highest BCUT2D eigenvalue weighted by molar-refractivity contribution is 6.04. The number of amides is 1. The van der Waals surface area contributed by atoms with Gasteiger partial charge in [0.05, 0.1) is 18.0 Å². The van der Waals surface area contributed by atoms with Crippen LogP contribution in [-0.2, 0) is 6.18 Å². The fourth-order valence-electron chi connectivity index (χ4n) is 2.72. The molecule has 0 fully saturated rings. The van der Waals surface area contributed by atoms with E-state index in [0.29, 0.717) is 17.3 Å². The molecule has 3 N–H and O–H groups in total. The lowest BCUT2D eigenvalue weighted by Crippen LogP contribution is -2.16. The molecule has 0 unspecified atom stereocenters. The summed E-state index contributed by atoms with van der Waals surface area (Å²) in [4.78, 5) is 22.4. The van der Waals surface area contributed by atoms with E-state index in [1.807, 2.05) is 6.92 Å². The van der Waals surface area contributed by atoms with Gasteiger partial charge in [-0.25, -0.2) is 9.97 Å². The quantitative estimate of drug-likeness (QED) is 0.677. The molecule has 0 bridgehead atoms. The van der Waals surface area contributed by atoms with Crippen LogP contribution in [0.5, 0.6) is 0 Å². The largest absolute Gasteiger partial charge is 0.416 e. The van der Waals surface area contributed by atoms with Crippen molar-refractivity contribution in [3.63, 3.8) is 0 Å². The number of hydrogen-bond donors (Lipinski definition) is 2. The fourth-order valence-corrected chi connectivity index (χ4v) is 2.72. The highest BCUT2D eigenvalue weighted by Gasteiger charge is 2.30. The minimum Gasteiger partial charge on any atom is -0.382 e. The average molecular weight is 401 g/mol. The number of nitrogen functional groups attached to an aromatic ring is 1. The van der Waals surface area contributed by atoms with Crippen molar-refractivity contribution in [2.45, 2.75) is 13.1 Å². The molecule has 0 saturated heterocycles. The van der Waals surface area contributed by atoms with Crippen molar-refractivity contribution in [1.82, 2.24) is 9.97 Å². The number of carbonyl (C=O) groups is 1. The Hall–Kier alpha value is -3.62. The van der Waals surface area contributed by atoms with Crippen LogP contribution in [0.3, 0.4) is 0 Å². The van der Waals surface area contributed by atoms with Gasteiger partial charge in [-0.1, -0.05) is 12.1 Å². The molecule has 0 saturated carbocycles. The molecule has 2 aromatic carbocycles. The van der Waals surface area contributed by atoms with Crippen molar-refractivity contribution < 1.29 is 18.0 Å². The molecule has 1 aromatic heterocycles. The highest BCUT2D eigenvalue weighted by atomic mass is 19.4. The summed E-state index contributed by atoms with van der Waals surface area (Å²) < 4.78 is 38.6. The first kappa shape index (κ1) is 20.1. The first-order valence-electron chi connectivity index (χ1n) is 8.55. The predicted octanol–water partition coefficient (Wildman–Crippen LogP) is 4.41. The van der Waals surface area contributed by atoms with Gasteiger partial charge >= 0.3 is 6.18 Å². The third kappa shape index (κ3) is 4.63. The topological polar surface area (TPSA) is 84.1 Å². The molecule has 1 amide bonds. The molecule has 150 valence electrons. The molecular formula is C20H18F3N5O. The van der Waals surface area contributed by atoms with E-state index in [4.69, 9.17) is 5.73 Å². The lowest BCUT2D eigenvalue weighted by atomic mass is 10.1. The molecule has 3 rings (SSSR count). The van der Waals surface area contributed by atoms with Crippen LogP contribution in [0.25, 0.3) is 0 Å². The third-order valence-electron chi connectivity index (χ3n) is 4.28. The van der Waals surface area contributed by atoms with Crippen molar-refractivity contribution in [2.75, 3.05) is 23.0 Å². The summed E-state index contributed by atoms with van der Waals surface area (Å²) in [7, 11) is 1.78. The normalized spacial score (nSPS) is 11.2. The molecule has 0 spiro atoms. The van der Waals surface area contributed by atoms with E-state index in [9.17, 15) is 18.0 Å². The van der Waals surface area contributed by atoms with Crippen molar-refractivity contribution in [3.8, 4) is 0 Å². The van der Waals surface area contributed by atoms with Crippen LogP contribution in [0.15, 0.2) is 54.9 Å². The van der Waals surface area contributed by atoms with Gasteiger partial charge in [0, 0.05) is 24.0 Å². The Morgan fingerprint density at radius 3 is 2.52 bits per heavy atom. The number of aromatic nitrogens is 2. The Balaban J connectivity index is 1.84. The number of benzene rings is 2. The van der Waals surface area contributed by atoms with Crippen LogP contribution in [0.4, 0.5) is 36.2 Å². The minimum atomic E-state index is -4.52. The maximum absolute atomic E-state index is 12.9. The van der Waals surface area contributed by atoms with Crippen LogP contribution < -0.4 is 16.0 Å². The standard InChI is InChI=1S/C20H18F3N5O/c1-12-6-7-15(9-16(12)28(2)18-11-25-17(24)10-26-18)27-19(29)13-4-3-5-14(8-13)20(21,22)23/h3-11H,1-2H3,(H2,24,25)(H,27,29). The van der Waals surface area contributed by atoms with Gasteiger partial charge in [0.2, 0.25) is 0 Å². The molecular weight excluding hydrogens is 383 g/mol. The summed E-state index contributed by atoms with van der Waals surface area (Å²) in [5.74, 6) is 0.200. The van der Waals surface area contributed by atoms with Gasteiger partial charge in [-0.3, -0.25) is 4.79 Å². The van der Waals surface area contributed by atoms with Gasteiger partial charge in [-0.2, -0.15) is 13.2 Å². The number of nitrogens with two attached hydrogens (primary N) is 1. The monoisotopic (exact) mass is 401 g/mol. The summed E-state index contributed by atoms with van der Waals surface area (Å²) in [5, 5.41) is 2.63. The maximum atomic E-state index is 12.9. The summed E-state index contributed by atoms with van der Waals surface area (Å²) in [5.41, 5.74) is 6.68. The number of hydrogen-bond acceptors (Lipinski definition) is 5. The Morgan fingerprint density at radius 1 is 1.10 bits per heavy atom. The summed E-state index contributed by atoms with van der Waals surface area (Å²) >= 11 is 0. The van der Waals surface area contributed by atoms with Gasteiger partial charge in [-0.05, 0) is 42.8 Å². The zero-order chi connectivity index (χ0) is 21.2. The van der Waals surface area contributed by atoms with Gasteiger partial charge in [0.1, 0.15) is 5.82 Å². The smallest absolute Gasteiger partial charge is 0.382 e. The van der Waals surface area contributed by atoms with Crippen LogP contribution in [-0.4, -0.2) is 22.9 Å². The first-order chi connectivity index (χ1) is 13.6. The van der Waals surface area contributed by atoms with Gasteiger partial charge in [0.15, 0.2) is 5.82 Å². The second-order valence-corrected chi connectivity index (χ2v) is 6.39. The molecule has 9 heteroatoms. The molecule has 29 heavy (non-hydrogen) atoms. The lowest BCUT2D eigenvalue weighted by molar-refractivity contribution is -0.137. The zero-order valence-corrected chi connectivity index (χ0v) is 15.7. The summed E-state index contributed by atoms with van der Waals surface area (Å²) in [6.07, 6.45) is -1.57. The Kier molecular flexibility index (Phi) is 5.40. The molecule has 0 aliphatic heterocycles. The van der Waals surface area contributed by atoms with Gasteiger partial charge < -0.3 is 16.0 Å². The van der Waals surface area contributed by atoms with Crippen LogP contribution >= 0.6 is 0 Å². The number of nitrogens with zero attached hydrogens (tertiary/aromatic N) is 3.